The molecule has 1 saturated heterocycles. The van der Waals surface area contributed by atoms with Crippen LogP contribution in [0, 0.1) is 0 Å². The topological polar surface area (TPSA) is 50.3 Å². The number of piperidine rings is 1. The molecule has 0 aromatic carbocycles. The average molecular weight is 278 g/mol. The summed E-state index contributed by atoms with van der Waals surface area (Å²) in [4.78, 5) is 11.0. The fraction of sp³-hybridized carbons (Fsp3) is 0.733. The molecule has 0 bridgehead atoms. The second-order valence-electron chi connectivity index (χ2n) is 5.19. The van der Waals surface area contributed by atoms with Crippen molar-refractivity contribution in [3.63, 3.8) is 0 Å². The van der Waals surface area contributed by atoms with Crippen LogP contribution in [0.15, 0.2) is 12.4 Å². The Hall–Kier alpha value is -1.36. The van der Waals surface area contributed by atoms with Crippen molar-refractivity contribution in [2.45, 2.75) is 45.6 Å². The first-order valence-electron chi connectivity index (χ1n) is 7.77. The molecule has 20 heavy (non-hydrogen) atoms. The Kier molecular flexibility index (Phi) is 6.05. The van der Waals surface area contributed by atoms with E-state index < -0.39 is 0 Å². The summed E-state index contributed by atoms with van der Waals surface area (Å²) in [6.07, 6.45) is 6.54. The highest BCUT2D eigenvalue weighted by atomic mass is 16.5. The van der Waals surface area contributed by atoms with E-state index in [2.05, 4.69) is 27.1 Å². The van der Waals surface area contributed by atoms with Crippen LogP contribution in [0.25, 0.3) is 0 Å². The van der Waals surface area contributed by atoms with Crippen LogP contribution in [-0.2, 0) is 0 Å². The van der Waals surface area contributed by atoms with Gasteiger partial charge in [-0.1, -0.05) is 6.92 Å². The minimum atomic E-state index is 0.527. The number of nitrogens with one attached hydrogen (secondary N) is 1. The van der Waals surface area contributed by atoms with Gasteiger partial charge in [-0.2, -0.15) is 0 Å². The third kappa shape index (κ3) is 4.07. The summed E-state index contributed by atoms with van der Waals surface area (Å²) in [5.74, 6) is 1.66. The van der Waals surface area contributed by atoms with Crippen molar-refractivity contribution in [3.8, 4) is 5.88 Å². The summed E-state index contributed by atoms with van der Waals surface area (Å²) in [6, 6.07) is 2.49. The van der Waals surface area contributed by atoms with Crippen LogP contribution in [0.4, 0.5) is 5.82 Å². The van der Waals surface area contributed by atoms with Crippen molar-refractivity contribution in [1.29, 1.82) is 0 Å². The number of anilines is 1. The smallest absolute Gasteiger partial charge is 0.218 e. The lowest BCUT2D eigenvalue weighted by molar-refractivity contribution is 0.325. The Bertz CT molecular complexity index is 399. The molecule has 1 unspecified atom stereocenters. The molecular weight excluding hydrogens is 252 g/mol. The molecule has 0 spiro atoms. The summed E-state index contributed by atoms with van der Waals surface area (Å²) >= 11 is 0. The molecule has 2 heterocycles. The van der Waals surface area contributed by atoms with Gasteiger partial charge in [0.2, 0.25) is 5.88 Å². The minimum Gasteiger partial charge on any atom is -0.478 e. The maximum absolute atomic E-state index is 5.48. The van der Waals surface area contributed by atoms with Crippen molar-refractivity contribution in [2.24, 2.45) is 0 Å². The summed E-state index contributed by atoms with van der Waals surface area (Å²) < 4.78 is 5.48. The molecule has 1 N–H and O–H groups in total. The molecule has 1 atom stereocenters. The summed E-state index contributed by atoms with van der Waals surface area (Å²) in [5.41, 5.74) is 0. The standard InChI is InChI=1S/C15H26N4O/c1-3-8-16-11-13-7-5-6-9-19(13)14-10-15(20-4-2)18-12-17-14/h10,12-13,16H,3-9,11H2,1-2H3. The first-order chi connectivity index (χ1) is 9.85. The van der Waals surface area contributed by atoms with E-state index in [1.165, 1.54) is 25.7 Å². The maximum atomic E-state index is 5.48. The average Bonchev–Trinajstić information content (AvgIpc) is 2.49. The molecule has 0 radical (unpaired) electrons. The first-order valence-corrected chi connectivity index (χ1v) is 7.77. The number of aromatic nitrogens is 2. The largest absolute Gasteiger partial charge is 0.478 e. The molecule has 0 saturated carbocycles. The summed E-state index contributed by atoms with van der Waals surface area (Å²) in [5, 5.41) is 3.53. The van der Waals surface area contributed by atoms with E-state index in [4.69, 9.17) is 4.74 Å². The molecule has 112 valence electrons. The first kappa shape index (κ1) is 15.0. The fourth-order valence-corrected chi connectivity index (χ4v) is 2.67. The zero-order valence-electron chi connectivity index (χ0n) is 12.6. The zero-order chi connectivity index (χ0) is 14.2. The molecule has 1 aromatic heterocycles. The lowest BCUT2D eigenvalue weighted by Gasteiger charge is -2.36. The van der Waals surface area contributed by atoms with Gasteiger partial charge in [-0.25, -0.2) is 9.97 Å². The fourth-order valence-electron chi connectivity index (χ4n) is 2.67. The van der Waals surface area contributed by atoms with Crippen molar-refractivity contribution in [3.05, 3.63) is 12.4 Å². The van der Waals surface area contributed by atoms with Crippen LogP contribution < -0.4 is 15.0 Å². The van der Waals surface area contributed by atoms with Gasteiger partial charge in [-0.3, -0.25) is 0 Å². The van der Waals surface area contributed by atoms with Gasteiger partial charge in [-0.05, 0) is 39.2 Å². The van der Waals surface area contributed by atoms with Crippen molar-refractivity contribution < 1.29 is 4.74 Å². The molecule has 1 aliphatic rings. The molecule has 0 aliphatic carbocycles. The molecular formula is C15H26N4O. The van der Waals surface area contributed by atoms with Crippen LogP contribution in [0.3, 0.4) is 0 Å². The number of rotatable bonds is 7. The van der Waals surface area contributed by atoms with Crippen LogP contribution >= 0.6 is 0 Å². The van der Waals surface area contributed by atoms with Gasteiger partial charge < -0.3 is 15.0 Å². The van der Waals surface area contributed by atoms with E-state index >= 15 is 0 Å². The maximum Gasteiger partial charge on any atom is 0.218 e. The Morgan fingerprint density at radius 2 is 2.25 bits per heavy atom. The van der Waals surface area contributed by atoms with Crippen LogP contribution in [0.2, 0.25) is 0 Å². The predicted molar refractivity (Wildman–Crippen MR) is 81.3 cm³/mol. The second-order valence-corrected chi connectivity index (χ2v) is 5.19. The van der Waals surface area contributed by atoms with Crippen molar-refractivity contribution >= 4 is 5.82 Å². The molecule has 2 rings (SSSR count). The van der Waals surface area contributed by atoms with Gasteiger partial charge in [0.05, 0.1) is 6.61 Å². The number of nitrogens with zero attached hydrogens (tertiary/aromatic N) is 3. The summed E-state index contributed by atoms with van der Waals surface area (Å²) in [6.45, 7) is 7.99. The van der Waals surface area contributed by atoms with E-state index in [-0.39, 0.29) is 0 Å². The van der Waals surface area contributed by atoms with E-state index in [0.717, 1.165) is 25.5 Å². The van der Waals surface area contributed by atoms with Crippen LogP contribution in [-0.4, -0.2) is 42.3 Å². The minimum absolute atomic E-state index is 0.527. The van der Waals surface area contributed by atoms with Crippen LogP contribution in [0.1, 0.15) is 39.5 Å². The van der Waals surface area contributed by atoms with E-state index in [1.54, 1.807) is 6.33 Å². The van der Waals surface area contributed by atoms with Gasteiger partial charge in [0, 0.05) is 25.2 Å². The van der Waals surface area contributed by atoms with Gasteiger partial charge >= 0.3 is 0 Å². The lowest BCUT2D eigenvalue weighted by Crippen LogP contribution is -2.46. The highest BCUT2D eigenvalue weighted by molar-refractivity contribution is 5.42. The third-order valence-electron chi connectivity index (χ3n) is 3.65. The lowest BCUT2D eigenvalue weighted by atomic mass is 10.0. The van der Waals surface area contributed by atoms with Gasteiger partial charge in [0.25, 0.3) is 0 Å². The van der Waals surface area contributed by atoms with Crippen molar-refractivity contribution in [2.75, 3.05) is 31.1 Å². The Labute approximate surface area is 121 Å². The molecule has 1 aliphatic heterocycles. The van der Waals surface area contributed by atoms with Gasteiger partial charge in [0.15, 0.2) is 0 Å². The van der Waals surface area contributed by atoms with E-state index in [1.807, 2.05) is 13.0 Å². The third-order valence-corrected chi connectivity index (χ3v) is 3.65. The Balaban J connectivity index is 2.04. The number of hydrogen-bond acceptors (Lipinski definition) is 5. The Morgan fingerprint density at radius 3 is 3.05 bits per heavy atom. The second kappa shape index (κ2) is 8.04. The molecule has 1 aromatic rings. The predicted octanol–water partition coefficient (Wildman–Crippen LogP) is 2.23. The van der Waals surface area contributed by atoms with Crippen molar-refractivity contribution in [1.82, 2.24) is 15.3 Å². The number of hydrogen-bond donors (Lipinski definition) is 1. The van der Waals surface area contributed by atoms with Crippen LogP contribution in [0.5, 0.6) is 5.88 Å². The van der Waals surface area contributed by atoms with E-state index in [0.29, 0.717) is 18.5 Å². The molecule has 5 heteroatoms. The normalized spacial score (nSPS) is 19.1. The molecule has 5 nitrogen and oxygen atoms in total. The highest BCUT2D eigenvalue weighted by Crippen LogP contribution is 2.24. The quantitative estimate of drug-likeness (QED) is 0.775. The molecule has 0 amide bonds. The monoisotopic (exact) mass is 278 g/mol. The van der Waals surface area contributed by atoms with Gasteiger partial charge in [0.1, 0.15) is 12.1 Å². The highest BCUT2D eigenvalue weighted by Gasteiger charge is 2.23. The number of ether oxygens (including phenoxy) is 1. The summed E-state index contributed by atoms with van der Waals surface area (Å²) in [7, 11) is 0. The van der Waals surface area contributed by atoms with Gasteiger partial charge in [-0.15, -0.1) is 0 Å². The van der Waals surface area contributed by atoms with E-state index in [9.17, 15) is 0 Å². The SMILES string of the molecule is CCCNCC1CCCCN1c1cc(OCC)ncn1. The molecule has 1 fully saturated rings. The Morgan fingerprint density at radius 1 is 1.35 bits per heavy atom. The zero-order valence-corrected chi connectivity index (χ0v) is 12.6.